The Labute approximate surface area is 92.2 Å². The summed E-state index contributed by atoms with van der Waals surface area (Å²) in [5, 5.41) is 0. The van der Waals surface area contributed by atoms with E-state index in [9.17, 15) is 18.0 Å². The van der Waals surface area contributed by atoms with Gasteiger partial charge in [0, 0.05) is 10.0 Å². The van der Waals surface area contributed by atoms with Crippen molar-refractivity contribution in [1.82, 2.24) is 0 Å². The molecule has 2 nitrogen and oxygen atoms in total. The van der Waals surface area contributed by atoms with Crippen LogP contribution in [0.5, 0.6) is 0 Å². The smallest absolute Gasteiger partial charge is 0.340 e. The zero-order valence-corrected chi connectivity index (χ0v) is 9.15. The number of benzene rings is 1. The van der Waals surface area contributed by atoms with Crippen LogP contribution >= 0.6 is 15.9 Å². The number of carbonyl (C=O) groups excluding carboxylic acids is 1. The van der Waals surface area contributed by atoms with Gasteiger partial charge in [0.25, 0.3) is 6.43 Å². The fourth-order valence-electron chi connectivity index (χ4n) is 0.996. The highest BCUT2D eigenvalue weighted by atomic mass is 79.9. The van der Waals surface area contributed by atoms with Crippen LogP contribution in [0.25, 0.3) is 0 Å². The maximum absolute atomic E-state index is 13.2. The lowest BCUT2D eigenvalue weighted by atomic mass is 10.1. The van der Waals surface area contributed by atoms with Gasteiger partial charge >= 0.3 is 5.97 Å². The standard InChI is InChI=1S/C9H6BrF3O2/c1-15-9(14)5-2-6(10)4(8(12)13)3-7(5)11/h2-3,8H,1H3. The molecule has 0 saturated heterocycles. The third kappa shape index (κ3) is 2.50. The lowest BCUT2D eigenvalue weighted by molar-refractivity contribution is 0.0594. The quantitative estimate of drug-likeness (QED) is 0.778. The molecule has 0 spiro atoms. The lowest BCUT2D eigenvalue weighted by Gasteiger charge is -2.06. The zero-order chi connectivity index (χ0) is 11.6. The SMILES string of the molecule is COC(=O)c1cc(Br)c(C(F)F)cc1F. The number of hydrogen-bond acceptors (Lipinski definition) is 2. The van der Waals surface area contributed by atoms with Gasteiger partial charge in [-0.3, -0.25) is 0 Å². The Kier molecular flexibility index (Phi) is 3.73. The second-order valence-electron chi connectivity index (χ2n) is 2.65. The monoisotopic (exact) mass is 282 g/mol. The van der Waals surface area contributed by atoms with Gasteiger partial charge in [0.2, 0.25) is 0 Å². The summed E-state index contributed by atoms with van der Waals surface area (Å²) in [4.78, 5) is 11.0. The molecule has 0 saturated carbocycles. The van der Waals surface area contributed by atoms with E-state index in [-0.39, 0.29) is 10.0 Å². The van der Waals surface area contributed by atoms with Crippen LogP contribution in [0, 0.1) is 5.82 Å². The first-order valence-corrected chi connectivity index (χ1v) is 4.62. The average molecular weight is 283 g/mol. The Bertz CT molecular complexity index is 393. The number of ether oxygens (including phenoxy) is 1. The van der Waals surface area contributed by atoms with E-state index < -0.39 is 23.8 Å². The highest BCUT2D eigenvalue weighted by molar-refractivity contribution is 9.10. The van der Waals surface area contributed by atoms with Crippen molar-refractivity contribution in [2.24, 2.45) is 0 Å². The first-order valence-electron chi connectivity index (χ1n) is 3.82. The molecule has 0 aliphatic rings. The second-order valence-corrected chi connectivity index (χ2v) is 3.50. The molecule has 1 rings (SSSR count). The molecule has 0 aliphatic heterocycles. The molecule has 82 valence electrons. The Morgan fingerprint density at radius 2 is 2.07 bits per heavy atom. The predicted octanol–water partition coefficient (Wildman–Crippen LogP) is 3.31. The fourth-order valence-corrected chi connectivity index (χ4v) is 1.51. The van der Waals surface area contributed by atoms with E-state index in [2.05, 4.69) is 20.7 Å². The summed E-state index contributed by atoms with van der Waals surface area (Å²) in [6, 6.07) is 1.59. The third-order valence-corrected chi connectivity index (χ3v) is 2.41. The van der Waals surface area contributed by atoms with Crippen molar-refractivity contribution in [2.45, 2.75) is 6.43 Å². The highest BCUT2D eigenvalue weighted by Crippen LogP contribution is 2.29. The number of esters is 1. The second kappa shape index (κ2) is 4.65. The zero-order valence-electron chi connectivity index (χ0n) is 7.56. The van der Waals surface area contributed by atoms with Crippen molar-refractivity contribution in [3.8, 4) is 0 Å². The Morgan fingerprint density at radius 1 is 1.47 bits per heavy atom. The molecule has 0 amide bonds. The number of hydrogen-bond donors (Lipinski definition) is 0. The number of halogens is 4. The van der Waals surface area contributed by atoms with Gasteiger partial charge in [-0.05, 0) is 12.1 Å². The van der Waals surface area contributed by atoms with E-state index in [4.69, 9.17) is 0 Å². The first kappa shape index (κ1) is 12.0. The average Bonchev–Trinajstić information content (AvgIpc) is 2.19. The minimum Gasteiger partial charge on any atom is -0.465 e. The normalized spacial score (nSPS) is 10.5. The number of methoxy groups -OCH3 is 1. The molecular formula is C9H6BrF3O2. The predicted molar refractivity (Wildman–Crippen MR) is 50.4 cm³/mol. The molecular weight excluding hydrogens is 277 g/mol. The van der Waals surface area contributed by atoms with Crippen LogP contribution in [0.4, 0.5) is 13.2 Å². The Balaban J connectivity index is 3.25. The van der Waals surface area contributed by atoms with Gasteiger partial charge in [0.15, 0.2) is 0 Å². The van der Waals surface area contributed by atoms with Gasteiger partial charge < -0.3 is 4.74 Å². The van der Waals surface area contributed by atoms with Crippen molar-refractivity contribution >= 4 is 21.9 Å². The molecule has 0 bridgehead atoms. The number of carbonyl (C=O) groups is 1. The summed E-state index contributed by atoms with van der Waals surface area (Å²) in [6.45, 7) is 0. The van der Waals surface area contributed by atoms with Gasteiger partial charge in [-0.15, -0.1) is 0 Å². The van der Waals surface area contributed by atoms with Gasteiger partial charge in [-0.25, -0.2) is 18.0 Å². The minimum absolute atomic E-state index is 0.0284. The molecule has 1 aromatic carbocycles. The van der Waals surface area contributed by atoms with E-state index in [1.807, 2.05) is 0 Å². The molecule has 1 aromatic rings. The maximum Gasteiger partial charge on any atom is 0.340 e. The molecule has 0 atom stereocenters. The molecule has 0 unspecified atom stereocenters. The highest BCUT2D eigenvalue weighted by Gasteiger charge is 2.19. The molecule has 0 N–H and O–H groups in total. The van der Waals surface area contributed by atoms with Crippen LogP contribution in [0.1, 0.15) is 22.3 Å². The van der Waals surface area contributed by atoms with Gasteiger partial charge in [-0.1, -0.05) is 15.9 Å². The van der Waals surface area contributed by atoms with Crippen molar-refractivity contribution in [2.75, 3.05) is 7.11 Å². The van der Waals surface area contributed by atoms with Crippen LogP contribution < -0.4 is 0 Å². The van der Waals surface area contributed by atoms with Crippen molar-refractivity contribution in [3.05, 3.63) is 33.5 Å². The number of rotatable bonds is 2. The topological polar surface area (TPSA) is 26.3 Å². The van der Waals surface area contributed by atoms with E-state index in [1.165, 1.54) is 0 Å². The summed E-state index contributed by atoms with van der Waals surface area (Å²) >= 11 is 2.82. The molecule has 0 aliphatic carbocycles. The van der Waals surface area contributed by atoms with Gasteiger partial charge in [0.05, 0.1) is 12.7 Å². The maximum atomic E-state index is 13.2. The third-order valence-electron chi connectivity index (χ3n) is 1.73. The largest absolute Gasteiger partial charge is 0.465 e. The summed E-state index contributed by atoms with van der Waals surface area (Å²) in [6.07, 6.45) is -2.81. The van der Waals surface area contributed by atoms with E-state index >= 15 is 0 Å². The first-order chi connectivity index (χ1) is 6.97. The summed E-state index contributed by atoms with van der Waals surface area (Å²) < 4.78 is 42.0. The van der Waals surface area contributed by atoms with Crippen LogP contribution in [-0.4, -0.2) is 13.1 Å². The van der Waals surface area contributed by atoms with Crippen LogP contribution in [0.2, 0.25) is 0 Å². The van der Waals surface area contributed by atoms with Gasteiger partial charge in [0.1, 0.15) is 5.82 Å². The number of alkyl halides is 2. The van der Waals surface area contributed by atoms with Crippen molar-refractivity contribution < 1.29 is 22.7 Å². The molecule has 0 fully saturated rings. The summed E-state index contributed by atoms with van der Waals surface area (Å²) in [5.74, 6) is -1.94. The van der Waals surface area contributed by atoms with Crippen LogP contribution in [0.15, 0.2) is 16.6 Å². The Hall–Kier alpha value is -1.04. The van der Waals surface area contributed by atoms with E-state index in [0.29, 0.717) is 6.07 Å². The van der Waals surface area contributed by atoms with Gasteiger partial charge in [-0.2, -0.15) is 0 Å². The molecule has 6 heteroatoms. The molecule has 0 aromatic heterocycles. The Morgan fingerprint density at radius 3 is 2.53 bits per heavy atom. The lowest BCUT2D eigenvalue weighted by Crippen LogP contribution is -2.05. The van der Waals surface area contributed by atoms with E-state index in [1.54, 1.807) is 0 Å². The molecule has 0 heterocycles. The molecule has 15 heavy (non-hydrogen) atoms. The van der Waals surface area contributed by atoms with Crippen molar-refractivity contribution in [3.63, 3.8) is 0 Å². The molecule has 0 radical (unpaired) electrons. The van der Waals surface area contributed by atoms with Crippen LogP contribution in [-0.2, 0) is 4.74 Å². The summed E-state index contributed by atoms with van der Waals surface area (Å²) in [5.41, 5.74) is -0.881. The van der Waals surface area contributed by atoms with E-state index in [0.717, 1.165) is 13.2 Å². The fraction of sp³-hybridized carbons (Fsp3) is 0.222. The minimum atomic E-state index is -2.81. The summed E-state index contributed by atoms with van der Waals surface area (Å²) in [7, 11) is 1.08. The van der Waals surface area contributed by atoms with Crippen LogP contribution in [0.3, 0.4) is 0 Å². The van der Waals surface area contributed by atoms with Crippen molar-refractivity contribution in [1.29, 1.82) is 0 Å².